The van der Waals surface area contributed by atoms with Crippen LogP contribution in [0.25, 0.3) is 0 Å². The van der Waals surface area contributed by atoms with E-state index >= 15 is 0 Å². The molecule has 3 N–H and O–H groups in total. The molecule has 0 fully saturated rings. The molecule has 0 amide bonds. The van der Waals surface area contributed by atoms with Crippen molar-refractivity contribution in [3.05, 3.63) is 30.1 Å². The zero-order valence-corrected chi connectivity index (χ0v) is 8.50. The lowest BCUT2D eigenvalue weighted by molar-refractivity contribution is 0.567. The molecule has 2 heterocycles. The minimum absolute atomic E-state index is 0. The third kappa shape index (κ3) is 2.35. The Morgan fingerprint density at radius 3 is 3.00 bits per heavy atom. The molecule has 1 aromatic rings. The van der Waals surface area contributed by atoms with Crippen LogP contribution in [0.2, 0.25) is 0 Å². The number of hydrogen-bond acceptors (Lipinski definition) is 4. The molecule has 1 atom stereocenters. The number of halogens is 1. The number of rotatable bonds is 1. The molecular weight excluding hydrogens is 200 g/mol. The van der Waals surface area contributed by atoms with Crippen molar-refractivity contribution in [2.75, 3.05) is 6.54 Å². The van der Waals surface area contributed by atoms with Gasteiger partial charge < -0.3 is 11.1 Å². The van der Waals surface area contributed by atoms with Crippen molar-refractivity contribution in [1.29, 1.82) is 0 Å². The number of guanidine groups is 1. The van der Waals surface area contributed by atoms with Gasteiger partial charge in [0.15, 0.2) is 5.96 Å². The smallest absolute Gasteiger partial charge is 0.189 e. The first kappa shape index (κ1) is 10.8. The van der Waals surface area contributed by atoms with Crippen LogP contribution in [-0.4, -0.2) is 17.5 Å². The summed E-state index contributed by atoms with van der Waals surface area (Å²) in [5.74, 6) is 0.528. The minimum atomic E-state index is 0. The Morgan fingerprint density at radius 1 is 1.50 bits per heavy atom. The molecule has 0 aromatic carbocycles. The lowest BCUT2D eigenvalue weighted by Gasteiger charge is -2.22. The van der Waals surface area contributed by atoms with Gasteiger partial charge in [0.2, 0.25) is 0 Å². The Morgan fingerprint density at radius 2 is 2.36 bits per heavy atom. The molecule has 1 unspecified atom stereocenters. The molecule has 0 saturated carbocycles. The highest BCUT2D eigenvalue weighted by molar-refractivity contribution is 5.85. The summed E-state index contributed by atoms with van der Waals surface area (Å²) in [4.78, 5) is 8.13. The van der Waals surface area contributed by atoms with Crippen molar-refractivity contribution in [3.63, 3.8) is 0 Å². The molecule has 76 valence electrons. The van der Waals surface area contributed by atoms with E-state index in [2.05, 4.69) is 15.3 Å². The molecule has 4 nitrogen and oxygen atoms in total. The molecule has 0 aliphatic carbocycles. The lowest BCUT2D eigenvalue weighted by atomic mass is 10.1. The fraction of sp³-hybridized carbons (Fsp3) is 0.333. The molecule has 5 heteroatoms. The van der Waals surface area contributed by atoms with E-state index in [0.29, 0.717) is 5.96 Å². The summed E-state index contributed by atoms with van der Waals surface area (Å²) < 4.78 is 0. The van der Waals surface area contributed by atoms with Gasteiger partial charge in [-0.15, -0.1) is 12.4 Å². The fourth-order valence-corrected chi connectivity index (χ4v) is 1.44. The number of aliphatic imine (C=N–C) groups is 1. The fourth-order valence-electron chi connectivity index (χ4n) is 1.44. The van der Waals surface area contributed by atoms with Gasteiger partial charge in [0.05, 0.1) is 6.04 Å². The largest absolute Gasteiger partial charge is 0.370 e. The van der Waals surface area contributed by atoms with Crippen molar-refractivity contribution >= 4 is 18.4 Å². The molecule has 0 spiro atoms. The van der Waals surface area contributed by atoms with Gasteiger partial charge >= 0.3 is 0 Å². The maximum Gasteiger partial charge on any atom is 0.189 e. The van der Waals surface area contributed by atoms with Crippen LogP contribution < -0.4 is 11.1 Å². The zero-order chi connectivity index (χ0) is 9.10. The summed E-state index contributed by atoms with van der Waals surface area (Å²) in [5.41, 5.74) is 6.75. The van der Waals surface area contributed by atoms with E-state index in [1.54, 1.807) is 6.20 Å². The standard InChI is InChI=1S/C9H12N4.ClH/c10-9-12-5-3-8(13-9)7-2-1-4-11-6-7;/h1-2,4,6,8H,3,5H2,(H3,10,12,13);1H. The quantitative estimate of drug-likeness (QED) is 0.726. The first-order valence-electron chi connectivity index (χ1n) is 4.32. The van der Waals surface area contributed by atoms with Crippen LogP contribution in [0.5, 0.6) is 0 Å². The third-order valence-corrected chi connectivity index (χ3v) is 2.11. The van der Waals surface area contributed by atoms with Gasteiger partial charge in [-0.3, -0.25) is 9.98 Å². The van der Waals surface area contributed by atoms with Gasteiger partial charge in [-0.25, -0.2) is 0 Å². The number of pyridine rings is 1. The van der Waals surface area contributed by atoms with E-state index < -0.39 is 0 Å². The SMILES string of the molecule is Cl.NC1=NCCC(c2cccnc2)N1. The van der Waals surface area contributed by atoms with Crippen LogP contribution in [0.15, 0.2) is 29.5 Å². The molecule has 2 rings (SSSR count). The van der Waals surface area contributed by atoms with Crippen molar-refractivity contribution in [2.24, 2.45) is 10.7 Å². The highest BCUT2D eigenvalue weighted by atomic mass is 35.5. The molecule has 0 bridgehead atoms. The number of nitrogens with one attached hydrogen (secondary N) is 1. The molecule has 0 radical (unpaired) electrons. The first-order chi connectivity index (χ1) is 6.36. The van der Waals surface area contributed by atoms with Crippen molar-refractivity contribution in [3.8, 4) is 0 Å². The second kappa shape index (κ2) is 4.81. The maximum absolute atomic E-state index is 5.58. The molecule has 1 aliphatic heterocycles. The van der Waals surface area contributed by atoms with Crippen LogP contribution in [0.1, 0.15) is 18.0 Å². The predicted octanol–water partition coefficient (Wildman–Crippen LogP) is 0.852. The third-order valence-electron chi connectivity index (χ3n) is 2.11. The van der Waals surface area contributed by atoms with Gasteiger partial charge in [0.1, 0.15) is 0 Å². The summed E-state index contributed by atoms with van der Waals surface area (Å²) in [6.45, 7) is 0.790. The van der Waals surface area contributed by atoms with Gasteiger partial charge in [-0.1, -0.05) is 6.07 Å². The normalized spacial score (nSPS) is 20.3. The van der Waals surface area contributed by atoms with Crippen LogP contribution in [0.3, 0.4) is 0 Å². The van der Waals surface area contributed by atoms with E-state index in [1.165, 1.54) is 5.56 Å². The van der Waals surface area contributed by atoms with Crippen molar-refractivity contribution in [1.82, 2.24) is 10.3 Å². The van der Waals surface area contributed by atoms with Gasteiger partial charge in [0.25, 0.3) is 0 Å². The predicted molar refractivity (Wildman–Crippen MR) is 58.5 cm³/mol. The molecule has 1 aliphatic rings. The highest BCUT2D eigenvalue weighted by Gasteiger charge is 2.14. The molecule has 0 saturated heterocycles. The maximum atomic E-state index is 5.58. The topological polar surface area (TPSA) is 63.3 Å². The lowest BCUT2D eigenvalue weighted by Crippen LogP contribution is -2.38. The van der Waals surface area contributed by atoms with Crippen LogP contribution >= 0.6 is 12.4 Å². The van der Waals surface area contributed by atoms with Crippen LogP contribution in [0, 0.1) is 0 Å². The second-order valence-electron chi connectivity index (χ2n) is 3.04. The summed E-state index contributed by atoms with van der Waals surface area (Å²) in [6, 6.07) is 4.24. The zero-order valence-electron chi connectivity index (χ0n) is 7.68. The van der Waals surface area contributed by atoms with Crippen LogP contribution in [-0.2, 0) is 0 Å². The minimum Gasteiger partial charge on any atom is -0.370 e. The molecule has 14 heavy (non-hydrogen) atoms. The van der Waals surface area contributed by atoms with Crippen LogP contribution in [0.4, 0.5) is 0 Å². The number of hydrogen-bond donors (Lipinski definition) is 2. The van der Waals surface area contributed by atoms with E-state index in [0.717, 1.165) is 13.0 Å². The molecular formula is C9H13ClN4. The van der Waals surface area contributed by atoms with E-state index in [9.17, 15) is 0 Å². The Labute approximate surface area is 89.0 Å². The average Bonchev–Trinajstić information content (AvgIpc) is 2.19. The van der Waals surface area contributed by atoms with Gasteiger partial charge in [-0.05, 0) is 18.1 Å². The number of nitrogens with zero attached hydrogens (tertiary/aromatic N) is 2. The van der Waals surface area contributed by atoms with E-state index in [4.69, 9.17) is 5.73 Å². The Bertz CT molecular complexity index is 312. The van der Waals surface area contributed by atoms with Crippen molar-refractivity contribution < 1.29 is 0 Å². The monoisotopic (exact) mass is 212 g/mol. The van der Waals surface area contributed by atoms with E-state index in [-0.39, 0.29) is 18.4 Å². The Kier molecular flexibility index (Phi) is 3.71. The average molecular weight is 213 g/mol. The molecule has 1 aromatic heterocycles. The summed E-state index contributed by atoms with van der Waals surface area (Å²) in [6.07, 6.45) is 4.60. The number of nitrogens with two attached hydrogens (primary N) is 1. The van der Waals surface area contributed by atoms with E-state index in [1.807, 2.05) is 18.3 Å². The number of aromatic nitrogens is 1. The van der Waals surface area contributed by atoms with Gasteiger partial charge in [-0.2, -0.15) is 0 Å². The first-order valence-corrected chi connectivity index (χ1v) is 4.32. The Balaban J connectivity index is 0.000000980. The highest BCUT2D eigenvalue weighted by Crippen LogP contribution is 2.17. The summed E-state index contributed by atoms with van der Waals surface area (Å²) in [5, 5.41) is 3.12. The summed E-state index contributed by atoms with van der Waals surface area (Å²) in [7, 11) is 0. The second-order valence-corrected chi connectivity index (χ2v) is 3.04. The Hall–Kier alpha value is -1.29. The van der Waals surface area contributed by atoms with Crippen molar-refractivity contribution in [2.45, 2.75) is 12.5 Å². The van der Waals surface area contributed by atoms with Gasteiger partial charge in [0, 0.05) is 18.9 Å². The summed E-state index contributed by atoms with van der Waals surface area (Å²) >= 11 is 0.